The summed E-state index contributed by atoms with van der Waals surface area (Å²) in [6, 6.07) is 5.68. The van der Waals surface area contributed by atoms with E-state index in [0.717, 1.165) is 12.3 Å². The van der Waals surface area contributed by atoms with Crippen molar-refractivity contribution in [2.24, 2.45) is 0 Å². The van der Waals surface area contributed by atoms with Crippen LogP contribution in [0.15, 0.2) is 46.3 Å². The Morgan fingerprint density at radius 2 is 1.81 bits per heavy atom. The lowest BCUT2D eigenvalue weighted by atomic mass is 10.3. The van der Waals surface area contributed by atoms with Gasteiger partial charge in [0.25, 0.3) is 10.0 Å². The molecule has 0 fully saturated rings. The molecule has 2 aromatic rings. The van der Waals surface area contributed by atoms with Gasteiger partial charge < -0.3 is 14.5 Å². The van der Waals surface area contributed by atoms with E-state index in [4.69, 9.17) is 9.47 Å². The minimum atomic E-state index is -3.98. The van der Waals surface area contributed by atoms with Gasteiger partial charge in [-0.3, -0.25) is 9.52 Å². The van der Waals surface area contributed by atoms with Crippen LogP contribution in [-0.4, -0.2) is 27.6 Å². The highest BCUT2D eigenvalue weighted by molar-refractivity contribution is 7.92. The van der Waals surface area contributed by atoms with Crippen molar-refractivity contribution in [3.05, 3.63) is 46.9 Å². The molecular weight excluding hydrogens is 296 g/mol. The smallest absolute Gasteiger partial charge is 0.267 e. The van der Waals surface area contributed by atoms with E-state index in [1.807, 2.05) is 0 Å². The zero-order valence-electron chi connectivity index (χ0n) is 11.4. The predicted molar refractivity (Wildman–Crippen MR) is 77.4 cm³/mol. The molecule has 0 saturated heterocycles. The summed E-state index contributed by atoms with van der Waals surface area (Å²) in [4.78, 5) is 13.8. The zero-order valence-corrected chi connectivity index (χ0v) is 12.2. The van der Waals surface area contributed by atoms with Gasteiger partial charge in [0.15, 0.2) is 16.4 Å². The fourth-order valence-electron chi connectivity index (χ4n) is 1.72. The number of aromatic amines is 1. The van der Waals surface area contributed by atoms with Gasteiger partial charge in [-0.05, 0) is 12.1 Å². The van der Waals surface area contributed by atoms with Gasteiger partial charge in [0, 0.05) is 24.5 Å². The molecule has 0 saturated carbocycles. The molecule has 2 rings (SSSR count). The molecule has 21 heavy (non-hydrogen) atoms. The van der Waals surface area contributed by atoms with Crippen LogP contribution in [0, 0.1) is 0 Å². The molecule has 0 aliphatic carbocycles. The first-order valence-corrected chi connectivity index (χ1v) is 7.38. The molecule has 0 spiro atoms. The van der Waals surface area contributed by atoms with Gasteiger partial charge in [0.2, 0.25) is 5.43 Å². The van der Waals surface area contributed by atoms with Crippen LogP contribution < -0.4 is 19.6 Å². The van der Waals surface area contributed by atoms with Gasteiger partial charge in [-0.15, -0.1) is 0 Å². The molecule has 1 heterocycles. The number of anilines is 1. The second-order valence-corrected chi connectivity index (χ2v) is 5.70. The van der Waals surface area contributed by atoms with Gasteiger partial charge in [-0.25, -0.2) is 8.42 Å². The van der Waals surface area contributed by atoms with E-state index in [9.17, 15) is 13.2 Å². The first-order chi connectivity index (χ1) is 9.97. The van der Waals surface area contributed by atoms with Crippen LogP contribution in [0.1, 0.15) is 0 Å². The highest BCUT2D eigenvalue weighted by Crippen LogP contribution is 2.30. The van der Waals surface area contributed by atoms with Crippen LogP contribution >= 0.6 is 0 Å². The maximum Gasteiger partial charge on any atom is 0.267 e. The van der Waals surface area contributed by atoms with E-state index in [-0.39, 0.29) is 10.6 Å². The van der Waals surface area contributed by atoms with Gasteiger partial charge in [-0.1, -0.05) is 0 Å². The van der Waals surface area contributed by atoms with Crippen LogP contribution in [0.25, 0.3) is 0 Å². The molecule has 7 nitrogen and oxygen atoms in total. The van der Waals surface area contributed by atoms with Crippen molar-refractivity contribution in [3.8, 4) is 11.5 Å². The van der Waals surface area contributed by atoms with E-state index >= 15 is 0 Å². The Kier molecular flexibility index (Phi) is 4.18. The summed E-state index contributed by atoms with van der Waals surface area (Å²) in [6.07, 6.45) is 2.49. The SMILES string of the molecule is COc1ccc(NS(=O)(=O)c2c[nH]ccc2=O)cc1OC. The number of nitrogens with one attached hydrogen (secondary N) is 2. The van der Waals surface area contributed by atoms with E-state index in [1.165, 1.54) is 32.5 Å². The summed E-state index contributed by atoms with van der Waals surface area (Å²) in [5, 5.41) is 0. The monoisotopic (exact) mass is 310 g/mol. The van der Waals surface area contributed by atoms with Crippen LogP contribution in [0.2, 0.25) is 0 Å². The number of pyridine rings is 1. The third kappa shape index (κ3) is 3.16. The van der Waals surface area contributed by atoms with Crippen molar-refractivity contribution in [2.45, 2.75) is 4.90 Å². The molecule has 0 amide bonds. The molecule has 0 radical (unpaired) electrons. The zero-order chi connectivity index (χ0) is 15.5. The number of sulfonamides is 1. The van der Waals surface area contributed by atoms with E-state index in [0.29, 0.717) is 11.5 Å². The standard InChI is InChI=1S/C13H14N2O5S/c1-19-11-4-3-9(7-12(11)20-2)15-21(17,18)13-8-14-6-5-10(13)16/h3-8,15H,1-2H3,(H,14,16). The molecule has 0 aliphatic heterocycles. The van der Waals surface area contributed by atoms with E-state index < -0.39 is 15.5 Å². The fraction of sp³-hybridized carbons (Fsp3) is 0.154. The summed E-state index contributed by atoms with van der Waals surface area (Å²) < 4.78 is 36.8. The second-order valence-electron chi connectivity index (χ2n) is 4.05. The predicted octanol–water partition coefficient (Wildman–Crippen LogP) is 1.19. The summed E-state index contributed by atoms with van der Waals surface area (Å²) in [6.45, 7) is 0. The first kappa shape index (κ1) is 14.9. The lowest BCUT2D eigenvalue weighted by molar-refractivity contribution is 0.355. The van der Waals surface area contributed by atoms with E-state index in [2.05, 4.69) is 9.71 Å². The number of benzene rings is 1. The number of H-pyrrole nitrogens is 1. The average Bonchev–Trinajstić information content (AvgIpc) is 2.47. The quantitative estimate of drug-likeness (QED) is 0.864. The highest BCUT2D eigenvalue weighted by Gasteiger charge is 2.18. The second kappa shape index (κ2) is 5.88. The van der Waals surface area contributed by atoms with Crippen molar-refractivity contribution in [3.63, 3.8) is 0 Å². The van der Waals surface area contributed by atoms with Gasteiger partial charge >= 0.3 is 0 Å². The molecule has 1 aromatic heterocycles. The van der Waals surface area contributed by atoms with Crippen molar-refractivity contribution in [1.82, 2.24) is 4.98 Å². The number of ether oxygens (including phenoxy) is 2. The highest BCUT2D eigenvalue weighted by atomic mass is 32.2. The van der Waals surface area contributed by atoms with Crippen molar-refractivity contribution >= 4 is 15.7 Å². The van der Waals surface area contributed by atoms with Crippen LogP contribution in [-0.2, 0) is 10.0 Å². The Labute approximate surface area is 121 Å². The molecule has 8 heteroatoms. The Bertz CT molecular complexity index is 798. The fourth-order valence-corrected chi connectivity index (χ4v) is 2.82. The lowest BCUT2D eigenvalue weighted by Gasteiger charge is -2.11. The van der Waals surface area contributed by atoms with Crippen LogP contribution in [0.3, 0.4) is 0 Å². The molecule has 0 atom stereocenters. The number of aromatic nitrogens is 1. The topological polar surface area (TPSA) is 97.5 Å². The third-order valence-corrected chi connectivity index (χ3v) is 4.12. The lowest BCUT2D eigenvalue weighted by Crippen LogP contribution is -2.20. The number of hydrogen-bond acceptors (Lipinski definition) is 5. The minimum absolute atomic E-state index is 0.260. The minimum Gasteiger partial charge on any atom is -0.493 e. The Hall–Kier alpha value is -2.48. The summed E-state index contributed by atoms with van der Waals surface area (Å²) in [7, 11) is -1.06. The molecule has 112 valence electrons. The Balaban J connectivity index is 2.38. The number of hydrogen-bond donors (Lipinski definition) is 2. The molecule has 0 bridgehead atoms. The molecular formula is C13H14N2O5S. The Morgan fingerprint density at radius 1 is 1.10 bits per heavy atom. The van der Waals surface area contributed by atoms with Gasteiger partial charge in [0.1, 0.15) is 0 Å². The van der Waals surface area contributed by atoms with Crippen molar-refractivity contribution in [2.75, 3.05) is 18.9 Å². The molecule has 2 N–H and O–H groups in total. The van der Waals surface area contributed by atoms with Crippen LogP contribution in [0.5, 0.6) is 11.5 Å². The Morgan fingerprint density at radius 3 is 2.43 bits per heavy atom. The third-order valence-electron chi connectivity index (χ3n) is 2.71. The largest absolute Gasteiger partial charge is 0.493 e. The molecule has 0 aliphatic rings. The molecule has 1 aromatic carbocycles. The molecule has 0 unspecified atom stereocenters. The maximum absolute atomic E-state index is 12.2. The van der Waals surface area contributed by atoms with Crippen molar-refractivity contribution in [1.29, 1.82) is 0 Å². The average molecular weight is 310 g/mol. The van der Waals surface area contributed by atoms with Gasteiger partial charge in [0.05, 0.1) is 19.9 Å². The first-order valence-electron chi connectivity index (χ1n) is 5.90. The maximum atomic E-state index is 12.2. The normalized spacial score (nSPS) is 11.0. The summed E-state index contributed by atoms with van der Waals surface area (Å²) in [5.74, 6) is 0.845. The van der Waals surface area contributed by atoms with Crippen molar-refractivity contribution < 1.29 is 17.9 Å². The van der Waals surface area contributed by atoms with Crippen LogP contribution in [0.4, 0.5) is 5.69 Å². The summed E-state index contributed by atoms with van der Waals surface area (Å²) >= 11 is 0. The summed E-state index contributed by atoms with van der Waals surface area (Å²) in [5.41, 5.74) is -0.336. The van der Waals surface area contributed by atoms with E-state index in [1.54, 1.807) is 6.07 Å². The van der Waals surface area contributed by atoms with Gasteiger partial charge in [-0.2, -0.15) is 0 Å². The number of methoxy groups -OCH3 is 2. The number of rotatable bonds is 5.